The van der Waals surface area contributed by atoms with Crippen LogP contribution in [0.1, 0.15) is 5.56 Å². The van der Waals surface area contributed by atoms with E-state index in [0.29, 0.717) is 6.54 Å². The van der Waals surface area contributed by atoms with E-state index in [0.717, 1.165) is 11.3 Å². The number of rotatable bonds is 3. The summed E-state index contributed by atoms with van der Waals surface area (Å²) in [6, 6.07) is 8.07. The third kappa shape index (κ3) is 3.13. The van der Waals surface area contributed by atoms with E-state index < -0.39 is 0 Å². The van der Waals surface area contributed by atoms with Gasteiger partial charge >= 0.3 is 6.03 Å². The van der Waals surface area contributed by atoms with Gasteiger partial charge in [-0.3, -0.25) is 4.57 Å². The van der Waals surface area contributed by atoms with Crippen molar-refractivity contribution in [2.24, 2.45) is 0 Å². The van der Waals surface area contributed by atoms with Crippen LogP contribution >= 0.6 is 0 Å². The fourth-order valence-electron chi connectivity index (χ4n) is 1.81. The second-order valence-electron chi connectivity index (χ2n) is 4.67. The first kappa shape index (κ1) is 13.1. The molecule has 0 N–H and O–H groups in total. The summed E-state index contributed by atoms with van der Waals surface area (Å²) in [4.78, 5) is 19.6. The average molecular weight is 258 g/mol. The summed E-state index contributed by atoms with van der Waals surface area (Å²) in [5.74, 6) is 0. The van der Waals surface area contributed by atoms with Crippen LogP contribution in [0.25, 0.3) is 0 Å². The van der Waals surface area contributed by atoms with Crippen molar-refractivity contribution >= 4 is 11.7 Å². The number of carbonyl (C=O) groups excluding carboxylic acids is 1. The van der Waals surface area contributed by atoms with E-state index in [-0.39, 0.29) is 6.03 Å². The quantitative estimate of drug-likeness (QED) is 0.846. The SMILES string of the molecule is CN(Cc1ccc(N(C)C)cc1)C(=O)n1ccnc1. The number of nitrogens with zero attached hydrogens (tertiary/aromatic N) is 4. The monoisotopic (exact) mass is 258 g/mol. The molecule has 1 aromatic heterocycles. The van der Waals surface area contributed by atoms with Gasteiger partial charge in [0.05, 0.1) is 0 Å². The van der Waals surface area contributed by atoms with Crippen molar-refractivity contribution in [2.45, 2.75) is 6.54 Å². The third-order valence-corrected chi connectivity index (χ3v) is 2.92. The van der Waals surface area contributed by atoms with Gasteiger partial charge in [-0.05, 0) is 17.7 Å². The fourth-order valence-corrected chi connectivity index (χ4v) is 1.81. The molecule has 2 aromatic rings. The summed E-state index contributed by atoms with van der Waals surface area (Å²) in [6.45, 7) is 0.574. The molecule has 2 rings (SSSR count). The first-order valence-electron chi connectivity index (χ1n) is 6.07. The first-order valence-corrected chi connectivity index (χ1v) is 6.07. The number of hydrogen-bond acceptors (Lipinski definition) is 3. The number of hydrogen-bond donors (Lipinski definition) is 0. The summed E-state index contributed by atoms with van der Waals surface area (Å²) in [6.07, 6.45) is 4.75. The average Bonchev–Trinajstić information content (AvgIpc) is 2.92. The van der Waals surface area contributed by atoms with Crippen LogP contribution in [0, 0.1) is 0 Å². The standard InChI is InChI=1S/C14H18N4O/c1-16(2)13-6-4-12(5-7-13)10-17(3)14(19)18-9-8-15-11-18/h4-9,11H,10H2,1-3H3. The number of amides is 1. The van der Waals surface area contributed by atoms with Gasteiger partial charge < -0.3 is 9.80 Å². The van der Waals surface area contributed by atoms with Crippen LogP contribution in [0.5, 0.6) is 0 Å². The van der Waals surface area contributed by atoms with Crippen LogP contribution in [-0.2, 0) is 6.54 Å². The lowest BCUT2D eigenvalue weighted by Gasteiger charge is -2.18. The Bertz CT molecular complexity index is 531. The number of aromatic nitrogens is 2. The highest BCUT2D eigenvalue weighted by molar-refractivity contribution is 5.76. The van der Waals surface area contributed by atoms with Gasteiger partial charge in [0.2, 0.25) is 0 Å². The lowest BCUT2D eigenvalue weighted by Crippen LogP contribution is -2.29. The molecule has 0 spiro atoms. The van der Waals surface area contributed by atoms with Crippen LogP contribution in [0.2, 0.25) is 0 Å². The molecular weight excluding hydrogens is 240 g/mol. The highest BCUT2D eigenvalue weighted by atomic mass is 16.2. The maximum atomic E-state index is 12.0. The predicted molar refractivity (Wildman–Crippen MR) is 75.3 cm³/mol. The topological polar surface area (TPSA) is 41.4 Å². The molecule has 0 aliphatic carbocycles. The van der Waals surface area contributed by atoms with Gasteiger partial charge in [0.1, 0.15) is 6.33 Å². The third-order valence-electron chi connectivity index (χ3n) is 2.92. The Labute approximate surface area is 113 Å². The Morgan fingerprint density at radius 1 is 1.21 bits per heavy atom. The second-order valence-corrected chi connectivity index (χ2v) is 4.67. The highest BCUT2D eigenvalue weighted by Crippen LogP contribution is 2.13. The molecule has 5 nitrogen and oxygen atoms in total. The van der Waals surface area contributed by atoms with E-state index in [1.807, 2.05) is 43.3 Å². The number of carbonyl (C=O) groups is 1. The van der Waals surface area contributed by atoms with Crippen molar-refractivity contribution in [3.63, 3.8) is 0 Å². The zero-order valence-electron chi connectivity index (χ0n) is 11.4. The maximum Gasteiger partial charge on any atom is 0.329 e. The smallest absolute Gasteiger partial charge is 0.329 e. The molecule has 0 saturated carbocycles. The van der Waals surface area contributed by atoms with Crippen molar-refractivity contribution in [2.75, 3.05) is 26.0 Å². The molecule has 0 unspecified atom stereocenters. The minimum atomic E-state index is -0.0887. The first-order chi connectivity index (χ1) is 9.08. The van der Waals surface area contributed by atoms with Gasteiger partial charge in [-0.15, -0.1) is 0 Å². The highest BCUT2D eigenvalue weighted by Gasteiger charge is 2.10. The second kappa shape index (κ2) is 5.56. The molecule has 19 heavy (non-hydrogen) atoms. The van der Waals surface area contributed by atoms with Gasteiger partial charge in [-0.2, -0.15) is 0 Å². The molecule has 0 atom stereocenters. The van der Waals surface area contributed by atoms with Gasteiger partial charge in [-0.1, -0.05) is 12.1 Å². The largest absolute Gasteiger partial charge is 0.378 e. The Balaban J connectivity index is 2.02. The molecule has 0 radical (unpaired) electrons. The molecule has 100 valence electrons. The van der Waals surface area contributed by atoms with E-state index in [1.54, 1.807) is 24.3 Å². The van der Waals surface area contributed by atoms with Crippen LogP contribution in [0.3, 0.4) is 0 Å². The lowest BCUT2D eigenvalue weighted by molar-refractivity contribution is 0.208. The number of benzene rings is 1. The Morgan fingerprint density at radius 2 is 1.89 bits per heavy atom. The van der Waals surface area contributed by atoms with Gasteiger partial charge in [0.15, 0.2) is 0 Å². The number of anilines is 1. The normalized spacial score (nSPS) is 10.3. The minimum Gasteiger partial charge on any atom is -0.378 e. The van der Waals surface area contributed by atoms with Crippen molar-refractivity contribution in [1.82, 2.24) is 14.5 Å². The summed E-state index contributed by atoms with van der Waals surface area (Å²) >= 11 is 0. The van der Waals surface area contributed by atoms with Gasteiger partial charge in [0, 0.05) is 45.8 Å². The van der Waals surface area contributed by atoms with Crippen molar-refractivity contribution in [3.8, 4) is 0 Å². The van der Waals surface area contributed by atoms with Crippen LogP contribution in [0.15, 0.2) is 43.0 Å². The summed E-state index contributed by atoms with van der Waals surface area (Å²) < 4.78 is 1.47. The molecule has 1 aromatic carbocycles. The molecule has 1 amide bonds. The molecule has 1 heterocycles. The van der Waals surface area contributed by atoms with Crippen molar-refractivity contribution in [1.29, 1.82) is 0 Å². The zero-order chi connectivity index (χ0) is 13.8. The summed E-state index contributed by atoms with van der Waals surface area (Å²) in [7, 11) is 5.79. The van der Waals surface area contributed by atoms with Gasteiger partial charge in [-0.25, -0.2) is 9.78 Å². The summed E-state index contributed by atoms with van der Waals surface area (Å²) in [5.41, 5.74) is 2.24. The maximum absolute atomic E-state index is 12.0. The zero-order valence-corrected chi connectivity index (χ0v) is 11.4. The molecule has 0 aliphatic rings. The predicted octanol–water partition coefficient (Wildman–Crippen LogP) is 2.05. The Kier molecular flexibility index (Phi) is 3.85. The Morgan fingerprint density at radius 3 is 2.42 bits per heavy atom. The van der Waals surface area contributed by atoms with E-state index in [4.69, 9.17) is 0 Å². The molecule has 0 fully saturated rings. The molecule has 0 saturated heterocycles. The van der Waals surface area contributed by atoms with E-state index in [1.165, 1.54) is 10.9 Å². The Hall–Kier alpha value is -2.30. The number of imidazole rings is 1. The van der Waals surface area contributed by atoms with E-state index >= 15 is 0 Å². The molecular formula is C14H18N4O. The molecule has 5 heteroatoms. The molecule has 0 bridgehead atoms. The van der Waals surface area contributed by atoms with Gasteiger partial charge in [0.25, 0.3) is 0 Å². The molecule has 0 aliphatic heterocycles. The van der Waals surface area contributed by atoms with Crippen molar-refractivity contribution < 1.29 is 4.79 Å². The van der Waals surface area contributed by atoms with Crippen LogP contribution < -0.4 is 4.90 Å². The van der Waals surface area contributed by atoms with Crippen LogP contribution in [0.4, 0.5) is 10.5 Å². The lowest BCUT2D eigenvalue weighted by atomic mass is 10.2. The van der Waals surface area contributed by atoms with E-state index in [9.17, 15) is 4.79 Å². The minimum absolute atomic E-state index is 0.0887. The van der Waals surface area contributed by atoms with E-state index in [2.05, 4.69) is 4.98 Å². The summed E-state index contributed by atoms with van der Waals surface area (Å²) in [5, 5.41) is 0. The van der Waals surface area contributed by atoms with Crippen molar-refractivity contribution in [3.05, 3.63) is 48.5 Å². The van der Waals surface area contributed by atoms with Crippen LogP contribution in [-0.4, -0.2) is 41.6 Å². The fraction of sp³-hybridized carbons (Fsp3) is 0.286.